The lowest BCUT2D eigenvalue weighted by molar-refractivity contribution is -0.139. The van der Waals surface area contributed by atoms with Crippen LogP contribution in [0.2, 0.25) is 5.02 Å². The minimum atomic E-state index is -0.343. The van der Waals surface area contributed by atoms with Crippen LogP contribution >= 0.6 is 11.6 Å². The zero-order chi connectivity index (χ0) is 23.8. The zero-order valence-corrected chi connectivity index (χ0v) is 19.0. The first-order valence-electron chi connectivity index (χ1n) is 9.97. The lowest BCUT2D eigenvalue weighted by Crippen LogP contribution is -2.06. The van der Waals surface area contributed by atoms with Gasteiger partial charge in [0.15, 0.2) is 11.6 Å². The van der Waals surface area contributed by atoms with E-state index in [-0.39, 0.29) is 30.5 Å². The first kappa shape index (κ1) is 23.7. The molecule has 0 aliphatic rings. The number of hydrogen-bond acceptors (Lipinski definition) is 8. The number of halogens is 1. The summed E-state index contributed by atoms with van der Waals surface area (Å²) in [5.74, 6) is 0.722. The fraction of sp³-hybridized carbons (Fsp3) is 0.167. The average Bonchev–Trinajstić information content (AvgIpc) is 2.83. The number of nitrogens with zero attached hydrogens (tertiary/aromatic N) is 2. The Labute approximate surface area is 196 Å². The highest BCUT2D eigenvalue weighted by atomic mass is 35.5. The molecule has 0 unspecified atom stereocenters. The van der Waals surface area contributed by atoms with Crippen molar-refractivity contribution in [3.05, 3.63) is 77.5 Å². The quantitative estimate of drug-likeness (QED) is 0.329. The third-order valence-electron chi connectivity index (χ3n) is 4.70. The molecule has 0 aliphatic carbocycles. The van der Waals surface area contributed by atoms with Gasteiger partial charge in [0.2, 0.25) is 5.95 Å². The highest BCUT2D eigenvalue weighted by Crippen LogP contribution is 2.30. The van der Waals surface area contributed by atoms with Crippen LogP contribution in [-0.4, -0.2) is 35.9 Å². The fourth-order valence-corrected chi connectivity index (χ4v) is 3.15. The summed E-state index contributed by atoms with van der Waals surface area (Å²) in [4.78, 5) is 32.1. The number of hydrogen-bond donors (Lipinski definition) is 2. The van der Waals surface area contributed by atoms with Gasteiger partial charge in [-0.2, -0.15) is 4.98 Å². The summed E-state index contributed by atoms with van der Waals surface area (Å²) < 4.78 is 10.1. The van der Waals surface area contributed by atoms with Crippen molar-refractivity contribution in [2.24, 2.45) is 0 Å². The SMILES string of the molecule is C=CC(=O)Cc1ccccc1Nc1nc(Nc2ccc(CC(=O)OC)cc2OC)ncc1Cl. The predicted molar refractivity (Wildman–Crippen MR) is 128 cm³/mol. The van der Waals surface area contributed by atoms with Gasteiger partial charge in [-0.25, -0.2) is 4.98 Å². The number of methoxy groups -OCH3 is 2. The van der Waals surface area contributed by atoms with Crippen molar-refractivity contribution in [1.29, 1.82) is 0 Å². The summed E-state index contributed by atoms with van der Waals surface area (Å²) in [6.45, 7) is 3.52. The second kappa shape index (κ2) is 11.1. The number of carbonyl (C=O) groups is 2. The standard InChI is InChI=1S/C24H23ClN4O4/c1-4-17(30)13-16-7-5-6-8-19(16)27-23-18(25)14-26-24(29-23)28-20-10-9-15(11-21(20)32-2)12-22(31)33-3/h4-11,14H,1,12-13H2,2-3H3,(H2,26,27,28,29). The number of esters is 1. The van der Waals surface area contributed by atoms with E-state index in [9.17, 15) is 9.59 Å². The van der Waals surface area contributed by atoms with Gasteiger partial charge in [0.05, 0.1) is 32.5 Å². The van der Waals surface area contributed by atoms with Crippen LogP contribution in [0.3, 0.4) is 0 Å². The normalized spacial score (nSPS) is 10.3. The van der Waals surface area contributed by atoms with Crippen molar-refractivity contribution in [1.82, 2.24) is 9.97 Å². The molecular formula is C24H23ClN4O4. The summed E-state index contributed by atoms with van der Waals surface area (Å²) in [5.41, 5.74) is 2.84. The molecule has 170 valence electrons. The van der Waals surface area contributed by atoms with E-state index in [2.05, 4.69) is 27.2 Å². The molecule has 0 atom stereocenters. The molecule has 0 spiro atoms. The maximum atomic E-state index is 11.8. The molecule has 0 bridgehead atoms. The van der Waals surface area contributed by atoms with E-state index in [4.69, 9.17) is 21.1 Å². The molecule has 1 heterocycles. The number of benzene rings is 2. The van der Waals surface area contributed by atoms with E-state index < -0.39 is 0 Å². The number of carbonyl (C=O) groups excluding carboxylic acids is 2. The Morgan fingerprint density at radius 2 is 1.88 bits per heavy atom. The zero-order valence-electron chi connectivity index (χ0n) is 18.2. The van der Waals surface area contributed by atoms with Crippen LogP contribution in [0.25, 0.3) is 0 Å². The van der Waals surface area contributed by atoms with Gasteiger partial charge in [-0.1, -0.05) is 42.4 Å². The number of aromatic nitrogens is 2. The fourth-order valence-electron chi connectivity index (χ4n) is 3.01. The predicted octanol–water partition coefficient (Wildman–Crippen LogP) is 4.64. The van der Waals surface area contributed by atoms with Gasteiger partial charge in [-0.05, 0) is 35.4 Å². The van der Waals surface area contributed by atoms with Crippen LogP contribution in [0, 0.1) is 0 Å². The molecule has 0 saturated heterocycles. The van der Waals surface area contributed by atoms with Gasteiger partial charge in [0.25, 0.3) is 0 Å². The van der Waals surface area contributed by atoms with Gasteiger partial charge in [0, 0.05) is 12.1 Å². The van der Waals surface area contributed by atoms with Crippen LogP contribution in [0.15, 0.2) is 61.3 Å². The molecule has 33 heavy (non-hydrogen) atoms. The minimum Gasteiger partial charge on any atom is -0.495 e. The Balaban J connectivity index is 1.84. The molecule has 3 aromatic rings. The van der Waals surface area contributed by atoms with E-state index in [1.54, 1.807) is 18.2 Å². The number of ketones is 1. The van der Waals surface area contributed by atoms with Crippen molar-refractivity contribution in [3.63, 3.8) is 0 Å². The first-order chi connectivity index (χ1) is 15.9. The summed E-state index contributed by atoms with van der Waals surface area (Å²) in [7, 11) is 2.87. The van der Waals surface area contributed by atoms with Gasteiger partial charge < -0.3 is 20.1 Å². The average molecular weight is 467 g/mol. The molecule has 2 aromatic carbocycles. The number of allylic oxidation sites excluding steroid dienone is 1. The van der Waals surface area contributed by atoms with E-state index >= 15 is 0 Å². The summed E-state index contributed by atoms with van der Waals surface area (Å²) in [6, 6.07) is 12.7. The number of para-hydroxylation sites is 1. The van der Waals surface area contributed by atoms with Crippen molar-refractivity contribution in [2.45, 2.75) is 12.8 Å². The number of nitrogens with one attached hydrogen (secondary N) is 2. The maximum Gasteiger partial charge on any atom is 0.309 e. The lowest BCUT2D eigenvalue weighted by Gasteiger charge is -2.14. The third-order valence-corrected chi connectivity index (χ3v) is 4.97. The smallest absolute Gasteiger partial charge is 0.309 e. The Morgan fingerprint density at radius 3 is 2.61 bits per heavy atom. The monoisotopic (exact) mass is 466 g/mol. The highest BCUT2D eigenvalue weighted by molar-refractivity contribution is 6.32. The minimum absolute atomic E-state index is 0.0943. The van der Waals surface area contributed by atoms with Crippen LogP contribution in [0.1, 0.15) is 11.1 Å². The summed E-state index contributed by atoms with van der Waals surface area (Å²) in [6.07, 6.45) is 3.09. The Hall–Kier alpha value is -3.91. The Kier molecular flexibility index (Phi) is 7.99. The third kappa shape index (κ3) is 6.30. The van der Waals surface area contributed by atoms with Gasteiger partial charge >= 0.3 is 5.97 Å². The van der Waals surface area contributed by atoms with Crippen LogP contribution in [0.5, 0.6) is 5.75 Å². The molecule has 1 aromatic heterocycles. The van der Waals surface area contributed by atoms with Crippen LogP contribution in [0.4, 0.5) is 23.1 Å². The van der Waals surface area contributed by atoms with E-state index in [1.807, 2.05) is 24.3 Å². The Bertz CT molecular complexity index is 1180. The highest BCUT2D eigenvalue weighted by Gasteiger charge is 2.13. The largest absolute Gasteiger partial charge is 0.495 e. The van der Waals surface area contributed by atoms with Crippen molar-refractivity contribution >= 4 is 46.5 Å². The molecule has 0 aliphatic heterocycles. The molecular weight excluding hydrogens is 444 g/mol. The molecule has 0 saturated carbocycles. The molecule has 9 heteroatoms. The summed E-state index contributed by atoms with van der Waals surface area (Å²) in [5, 5.41) is 6.58. The number of rotatable bonds is 10. The Morgan fingerprint density at radius 1 is 1.09 bits per heavy atom. The van der Waals surface area contributed by atoms with Gasteiger partial charge in [-0.3, -0.25) is 9.59 Å². The second-order valence-corrected chi connectivity index (χ2v) is 7.34. The van der Waals surface area contributed by atoms with Crippen molar-refractivity contribution < 1.29 is 19.1 Å². The molecule has 8 nitrogen and oxygen atoms in total. The van der Waals surface area contributed by atoms with Crippen LogP contribution in [-0.2, 0) is 27.2 Å². The molecule has 0 amide bonds. The van der Waals surface area contributed by atoms with Crippen LogP contribution < -0.4 is 15.4 Å². The van der Waals surface area contributed by atoms with Crippen molar-refractivity contribution in [3.8, 4) is 5.75 Å². The van der Waals surface area contributed by atoms with Crippen molar-refractivity contribution in [2.75, 3.05) is 24.9 Å². The molecule has 0 radical (unpaired) electrons. The number of anilines is 4. The maximum absolute atomic E-state index is 11.8. The summed E-state index contributed by atoms with van der Waals surface area (Å²) >= 11 is 6.31. The van der Waals surface area contributed by atoms with E-state index in [0.29, 0.717) is 28.0 Å². The van der Waals surface area contributed by atoms with E-state index in [1.165, 1.54) is 26.5 Å². The van der Waals surface area contributed by atoms with E-state index in [0.717, 1.165) is 11.1 Å². The number of ether oxygens (including phenoxy) is 2. The topological polar surface area (TPSA) is 102 Å². The lowest BCUT2D eigenvalue weighted by atomic mass is 10.1. The van der Waals surface area contributed by atoms with Gasteiger partial charge in [-0.15, -0.1) is 0 Å². The second-order valence-electron chi connectivity index (χ2n) is 6.93. The molecule has 0 fully saturated rings. The molecule has 2 N–H and O–H groups in total. The first-order valence-corrected chi connectivity index (χ1v) is 10.3. The molecule has 3 rings (SSSR count). The van der Waals surface area contributed by atoms with Gasteiger partial charge in [0.1, 0.15) is 10.8 Å².